The first-order chi connectivity index (χ1) is 10.2. The number of hydrogen-bond donors (Lipinski definition) is 0. The highest BCUT2D eigenvalue weighted by molar-refractivity contribution is 5.85. The van der Waals surface area contributed by atoms with Crippen LogP contribution in [0.25, 0.3) is 0 Å². The number of esters is 1. The molecule has 0 heterocycles. The Morgan fingerprint density at radius 1 is 1.18 bits per heavy atom. The van der Waals surface area contributed by atoms with E-state index in [2.05, 4.69) is 4.74 Å². The molecular formula is C12H8F5NO4. The Hall–Kier alpha value is -2.26. The van der Waals surface area contributed by atoms with Gasteiger partial charge in [0.2, 0.25) is 5.82 Å². The van der Waals surface area contributed by atoms with Crippen LogP contribution in [-0.2, 0) is 9.53 Å². The fourth-order valence-electron chi connectivity index (χ4n) is 2.28. The van der Waals surface area contributed by atoms with E-state index >= 15 is 0 Å². The fraction of sp³-hybridized carbons (Fsp3) is 0.417. The second-order valence-electron chi connectivity index (χ2n) is 4.64. The molecule has 0 bridgehead atoms. The number of benzene rings is 1. The van der Waals surface area contributed by atoms with Crippen LogP contribution < -0.4 is 0 Å². The van der Waals surface area contributed by atoms with Crippen LogP contribution in [0.1, 0.15) is 24.8 Å². The third kappa shape index (κ3) is 2.01. The van der Waals surface area contributed by atoms with Crippen molar-refractivity contribution in [2.75, 3.05) is 6.61 Å². The Labute approximate surface area is 119 Å². The number of carbonyl (C=O) groups is 1. The molecule has 2 atom stereocenters. The van der Waals surface area contributed by atoms with Gasteiger partial charge < -0.3 is 4.74 Å². The SMILES string of the molecule is CCOC(=O)C1([N+](=O)[O-])CC1c1c(F)c(F)c(F)c(F)c1F. The molecule has 10 heteroatoms. The molecule has 1 aromatic rings. The van der Waals surface area contributed by atoms with Gasteiger partial charge in [0, 0.05) is 16.9 Å². The molecule has 1 aliphatic rings. The second-order valence-corrected chi connectivity index (χ2v) is 4.64. The van der Waals surface area contributed by atoms with E-state index < -0.39 is 63.4 Å². The maximum Gasteiger partial charge on any atom is 0.385 e. The molecule has 0 spiro atoms. The summed E-state index contributed by atoms with van der Waals surface area (Å²) in [7, 11) is 0. The summed E-state index contributed by atoms with van der Waals surface area (Å²) in [5.41, 5.74) is -3.91. The first-order valence-electron chi connectivity index (χ1n) is 6.03. The van der Waals surface area contributed by atoms with E-state index in [9.17, 15) is 36.9 Å². The normalized spacial score (nSPS) is 23.3. The number of nitro groups is 1. The molecule has 120 valence electrons. The van der Waals surface area contributed by atoms with E-state index in [1.807, 2.05) is 0 Å². The van der Waals surface area contributed by atoms with Crippen molar-refractivity contribution >= 4 is 5.97 Å². The first-order valence-corrected chi connectivity index (χ1v) is 6.03. The van der Waals surface area contributed by atoms with Crippen molar-refractivity contribution < 1.29 is 36.4 Å². The summed E-state index contributed by atoms with van der Waals surface area (Å²) in [4.78, 5) is 21.6. The molecule has 0 aromatic heterocycles. The molecule has 0 amide bonds. The summed E-state index contributed by atoms with van der Waals surface area (Å²) in [5, 5.41) is 11.0. The molecule has 2 unspecified atom stereocenters. The van der Waals surface area contributed by atoms with Gasteiger partial charge in [-0.05, 0) is 6.92 Å². The van der Waals surface area contributed by atoms with Crippen LogP contribution in [0.5, 0.6) is 0 Å². The van der Waals surface area contributed by atoms with Crippen molar-refractivity contribution in [3.05, 3.63) is 44.8 Å². The number of nitrogens with zero attached hydrogens (tertiary/aromatic N) is 1. The molecule has 0 saturated heterocycles. The highest BCUT2D eigenvalue weighted by atomic mass is 19.2. The van der Waals surface area contributed by atoms with Crippen LogP contribution in [0.15, 0.2) is 0 Å². The van der Waals surface area contributed by atoms with Gasteiger partial charge in [-0.25, -0.2) is 26.7 Å². The molecule has 1 saturated carbocycles. The third-order valence-electron chi connectivity index (χ3n) is 3.48. The topological polar surface area (TPSA) is 69.4 Å². The standard InChI is InChI=1S/C12H8F5NO4/c1-2-22-11(19)12(18(20)21)3-4(12)5-6(13)8(15)10(17)9(16)7(5)14/h4H,2-3H2,1H3. The monoisotopic (exact) mass is 325 g/mol. The van der Waals surface area contributed by atoms with Crippen LogP contribution in [0.2, 0.25) is 0 Å². The van der Waals surface area contributed by atoms with Gasteiger partial charge in [-0.1, -0.05) is 0 Å². The summed E-state index contributed by atoms with van der Waals surface area (Å²) in [6.07, 6.45) is -0.711. The van der Waals surface area contributed by atoms with Crippen LogP contribution in [0.3, 0.4) is 0 Å². The smallest absolute Gasteiger partial charge is 0.385 e. The number of hydrogen-bond acceptors (Lipinski definition) is 4. The Balaban J connectivity index is 2.56. The lowest BCUT2D eigenvalue weighted by Crippen LogP contribution is -2.36. The van der Waals surface area contributed by atoms with Crippen LogP contribution in [-0.4, -0.2) is 23.0 Å². The van der Waals surface area contributed by atoms with Gasteiger partial charge >= 0.3 is 11.5 Å². The zero-order valence-corrected chi connectivity index (χ0v) is 11.0. The highest BCUT2D eigenvalue weighted by Crippen LogP contribution is 2.56. The minimum absolute atomic E-state index is 0.238. The van der Waals surface area contributed by atoms with Gasteiger partial charge in [-0.15, -0.1) is 0 Å². The summed E-state index contributed by atoms with van der Waals surface area (Å²) in [6, 6.07) is 0. The van der Waals surface area contributed by atoms with Crippen molar-refractivity contribution in [1.82, 2.24) is 0 Å². The lowest BCUT2D eigenvalue weighted by Gasteiger charge is -2.11. The molecule has 1 aromatic carbocycles. The van der Waals surface area contributed by atoms with E-state index in [0.717, 1.165) is 0 Å². The quantitative estimate of drug-likeness (QED) is 0.213. The third-order valence-corrected chi connectivity index (χ3v) is 3.48. The van der Waals surface area contributed by atoms with Gasteiger partial charge in [-0.2, -0.15) is 0 Å². The van der Waals surface area contributed by atoms with E-state index in [1.165, 1.54) is 6.92 Å². The zero-order chi connectivity index (χ0) is 16.8. The minimum atomic E-state index is -2.53. The van der Waals surface area contributed by atoms with Crippen LogP contribution in [0, 0.1) is 39.2 Å². The molecule has 5 nitrogen and oxygen atoms in total. The van der Waals surface area contributed by atoms with Gasteiger partial charge in [0.1, 0.15) is 0 Å². The Bertz CT molecular complexity index is 651. The van der Waals surface area contributed by atoms with E-state index in [4.69, 9.17) is 0 Å². The van der Waals surface area contributed by atoms with Gasteiger partial charge in [0.15, 0.2) is 23.3 Å². The largest absolute Gasteiger partial charge is 0.461 e. The van der Waals surface area contributed by atoms with Crippen LogP contribution >= 0.6 is 0 Å². The van der Waals surface area contributed by atoms with E-state index in [0.29, 0.717) is 0 Å². The lowest BCUT2D eigenvalue weighted by molar-refractivity contribution is -0.527. The van der Waals surface area contributed by atoms with Gasteiger partial charge in [0.25, 0.3) is 0 Å². The molecule has 22 heavy (non-hydrogen) atoms. The van der Waals surface area contributed by atoms with E-state index in [-0.39, 0.29) is 6.61 Å². The summed E-state index contributed by atoms with van der Waals surface area (Å²) in [6.45, 7) is 1.11. The highest BCUT2D eigenvalue weighted by Gasteiger charge is 2.75. The Morgan fingerprint density at radius 2 is 1.64 bits per heavy atom. The average molecular weight is 325 g/mol. The fourth-order valence-corrected chi connectivity index (χ4v) is 2.28. The molecule has 0 N–H and O–H groups in total. The Kier molecular flexibility index (Phi) is 3.80. The maximum atomic E-state index is 13.7. The number of halogens is 5. The molecule has 1 fully saturated rings. The number of carbonyl (C=O) groups excluding carboxylic acids is 1. The van der Waals surface area contributed by atoms with Crippen molar-refractivity contribution in [2.24, 2.45) is 0 Å². The predicted molar refractivity (Wildman–Crippen MR) is 59.9 cm³/mol. The Morgan fingerprint density at radius 3 is 2.05 bits per heavy atom. The van der Waals surface area contributed by atoms with Gasteiger partial charge in [-0.3, -0.25) is 10.1 Å². The summed E-state index contributed by atoms with van der Waals surface area (Å²) >= 11 is 0. The van der Waals surface area contributed by atoms with Crippen LogP contribution in [0.4, 0.5) is 22.0 Å². The van der Waals surface area contributed by atoms with Crippen molar-refractivity contribution in [3.8, 4) is 0 Å². The minimum Gasteiger partial charge on any atom is -0.461 e. The summed E-state index contributed by atoms with van der Waals surface area (Å²) in [5.74, 6) is -14.4. The van der Waals surface area contributed by atoms with Crippen molar-refractivity contribution in [3.63, 3.8) is 0 Å². The molecule has 1 aliphatic carbocycles. The lowest BCUT2D eigenvalue weighted by atomic mass is 10.0. The maximum absolute atomic E-state index is 13.7. The second kappa shape index (κ2) is 5.18. The summed E-state index contributed by atoms with van der Waals surface area (Å²) < 4.78 is 71.0. The van der Waals surface area contributed by atoms with E-state index in [1.54, 1.807) is 0 Å². The van der Waals surface area contributed by atoms with Crippen molar-refractivity contribution in [1.29, 1.82) is 0 Å². The van der Waals surface area contributed by atoms with Crippen molar-refractivity contribution in [2.45, 2.75) is 24.8 Å². The zero-order valence-electron chi connectivity index (χ0n) is 11.0. The molecule has 2 rings (SSSR count). The number of ether oxygens (including phenoxy) is 1. The molecular weight excluding hydrogens is 317 g/mol. The van der Waals surface area contributed by atoms with Gasteiger partial charge in [0.05, 0.1) is 12.5 Å². The average Bonchev–Trinajstić information content (AvgIpc) is 3.20. The number of rotatable bonds is 4. The molecule has 0 aliphatic heterocycles. The predicted octanol–water partition coefficient (Wildman–Crippen LogP) is 2.45. The first kappa shape index (κ1) is 16.1. The molecule has 0 radical (unpaired) electrons.